The Morgan fingerprint density at radius 1 is 1.08 bits per heavy atom. The van der Waals surface area contributed by atoms with E-state index in [9.17, 15) is 9.90 Å². The molecule has 1 heterocycles. The standard InChI is InChI=1S/C22H23NO2/c1-12-2-4-13(5-3-12)21-20-15-7-6-14(10-15)19(20)17-11-16(22(24)25)8-9-18(17)23-21/h2-5,8-9,11,14-15,19-21,23H,6-7,10H2,1H3,(H,24,25)/t14-,15-,19-,20+,21-/m0/s1. The van der Waals surface area contributed by atoms with Crippen molar-refractivity contribution in [1.82, 2.24) is 0 Å². The van der Waals surface area contributed by atoms with Crippen LogP contribution in [0.5, 0.6) is 0 Å². The van der Waals surface area contributed by atoms with E-state index in [1.165, 1.54) is 36.0 Å². The van der Waals surface area contributed by atoms with E-state index >= 15 is 0 Å². The fourth-order valence-electron chi connectivity index (χ4n) is 5.72. The van der Waals surface area contributed by atoms with E-state index in [-0.39, 0.29) is 0 Å². The fourth-order valence-corrected chi connectivity index (χ4v) is 5.72. The van der Waals surface area contributed by atoms with Gasteiger partial charge >= 0.3 is 5.97 Å². The summed E-state index contributed by atoms with van der Waals surface area (Å²) in [5, 5.41) is 13.2. The Labute approximate surface area is 148 Å². The molecule has 3 nitrogen and oxygen atoms in total. The second-order valence-corrected chi connectivity index (χ2v) is 8.08. The minimum atomic E-state index is -0.830. The number of carbonyl (C=O) groups is 1. The molecule has 2 bridgehead atoms. The van der Waals surface area contributed by atoms with Gasteiger partial charge < -0.3 is 10.4 Å². The van der Waals surface area contributed by atoms with Gasteiger partial charge in [0, 0.05) is 5.69 Å². The third-order valence-electron chi connectivity index (χ3n) is 6.77. The first-order valence-electron chi connectivity index (χ1n) is 9.32. The van der Waals surface area contributed by atoms with Crippen LogP contribution < -0.4 is 5.32 Å². The topological polar surface area (TPSA) is 49.3 Å². The van der Waals surface area contributed by atoms with Crippen LogP contribution in [0.3, 0.4) is 0 Å². The minimum absolute atomic E-state index is 0.337. The number of anilines is 1. The summed E-state index contributed by atoms with van der Waals surface area (Å²) in [6, 6.07) is 14.9. The first-order valence-corrected chi connectivity index (χ1v) is 9.32. The molecule has 2 saturated carbocycles. The Morgan fingerprint density at radius 2 is 1.84 bits per heavy atom. The van der Waals surface area contributed by atoms with Crippen LogP contribution in [-0.4, -0.2) is 11.1 Å². The molecule has 2 aromatic rings. The predicted molar refractivity (Wildman–Crippen MR) is 98.0 cm³/mol. The van der Waals surface area contributed by atoms with Gasteiger partial charge in [-0.15, -0.1) is 0 Å². The lowest BCUT2D eigenvalue weighted by atomic mass is 9.68. The third-order valence-corrected chi connectivity index (χ3v) is 6.77. The molecule has 0 spiro atoms. The molecule has 0 unspecified atom stereocenters. The van der Waals surface area contributed by atoms with Crippen LogP contribution in [0.4, 0.5) is 5.69 Å². The van der Waals surface area contributed by atoms with Crippen molar-refractivity contribution in [3.63, 3.8) is 0 Å². The molecule has 5 rings (SSSR count). The summed E-state index contributed by atoms with van der Waals surface area (Å²) in [5.41, 5.74) is 5.43. The van der Waals surface area contributed by atoms with Crippen LogP contribution >= 0.6 is 0 Å². The number of hydrogen-bond acceptors (Lipinski definition) is 2. The van der Waals surface area contributed by atoms with E-state index in [0.29, 0.717) is 29.4 Å². The number of rotatable bonds is 2. The lowest BCUT2D eigenvalue weighted by Gasteiger charge is -2.43. The molecule has 3 heteroatoms. The van der Waals surface area contributed by atoms with Gasteiger partial charge in [-0.1, -0.05) is 29.8 Å². The predicted octanol–water partition coefficient (Wildman–Crippen LogP) is 4.99. The number of aryl methyl sites for hydroxylation is 1. The lowest BCUT2D eigenvalue weighted by molar-refractivity contribution is 0.0696. The molecule has 25 heavy (non-hydrogen) atoms. The Kier molecular flexibility index (Phi) is 3.21. The molecule has 1 aliphatic heterocycles. The molecule has 0 aromatic heterocycles. The number of benzene rings is 2. The van der Waals surface area contributed by atoms with Gasteiger partial charge in [-0.05, 0) is 79.2 Å². The van der Waals surface area contributed by atoms with Crippen molar-refractivity contribution in [1.29, 1.82) is 0 Å². The molecule has 0 amide bonds. The molecular formula is C22H23NO2. The molecular weight excluding hydrogens is 310 g/mol. The highest BCUT2D eigenvalue weighted by molar-refractivity contribution is 5.88. The molecule has 128 valence electrons. The van der Waals surface area contributed by atoms with E-state index in [4.69, 9.17) is 0 Å². The maximum absolute atomic E-state index is 11.4. The molecule has 0 saturated heterocycles. The van der Waals surface area contributed by atoms with Gasteiger partial charge in [-0.2, -0.15) is 0 Å². The molecule has 0 radical (unpaired) electrons. The van der Waals surface area contributed by atoms with Crippen molar-refractivity contribution in [2.75, 3.05) is 5.32 Å². The summed E-state index contributed by atoms with van der Waals surface area (Å²) in [6.07, 6.45) is 3.92. The Hall–Kier alpha value is -2.29. The highest BCUT2D eigenvalue weighted by atomic mass is 16.4. The first kappa shape index (κ1) is 15.0. The van der Waals surface area contributed by atoms with Crippen molar-refractivity contribution in [3.05, 3.63) is 64.7 Å². The van der Waals surface area contributed by atoms with Gasteiger partial charge in [0.1, 0.15) is 0 Å². The third kappa shape index (κ3) is 2.21. The summed E-state index contributed by atoms with van der Waals surface area (Å²) >= 11 is 0. The maximum atomic E-state index is 11.4. The summed E-state index contributed by atoms with van der Waals surface area (Å²) in [6.45, 7) is 2.13. The summed E-state index contributed by atoms with van der Waals surface area (Å²) in [7, 11) is 0. The average Bonchev–Trinajstić information content (AvgIpc) is 3.23. The zero-order chi connectivity index (χ0) is 17.1. The summed E-state index contributed by atoms with van der Waals surface area (Å²) < 4.78 is 0. The van der Waals surface area contributed by atoms with Crippen LogP contribution in [0.15, 0.2) is 42.5 Å². The zero-order valence-electron chi connectivity index (χ0n) is 14.4. The van der Waals surface area contributed by atoms with Crippen LogP contribution in [0.25, 0.3) is 0 Å². The van der Waals surface area contributed by atoms with Gasteiger partial charge in [-0.25, -0.2) is 4.79 Å². The van der Waals surface area contributed by atoms with Crippen LogP contribution in [0.2, 0.25) is 0 Å². The largest absolute Gasteiger partial charge is 0.478 e. The second-order valence-electron chi connectivity index (χ2n) is 8.08. The molecule has 2 aromatic carbocycles. The lowest BCUT2D eigenvalue weighted by Crippen LogP contribution is -2.35. The number of aromatic carboxylic acids is 1. The van der Waals surface area contributed by atoms with Gasteiger partial charge in [0.15, 0.2) is 0 Å². The van der Waals surface area contributed by atoms with Crippen LogP contribution in [-0.2, 0) is 0 Å². The van der Waals surface area contributed by atoms with Crippen molar-refractivity contribution in [2.45, 2.75) is 38.1 Å². The van der Waals surface area contributed by atoms with Crippen molar-refractivity contribution < 1.29 is 9.90 Å². The summed E-state index contributed by atoms with van der Waals surface area (Å²) in [4.78, 5) is 11.4. The van der Waals surface area contributed by atoms with Gasteiger partial charge in [0.25, 0.3) is 0 Å². The number of fused-ring (bicyclic) bond motifs is 7. The quantitative estimate of drug-likeness (QED) is 0.814. The van der Waals surface area contributed by atoms with Gasteiger partial charge in [-0.3, -0.25) is 0 Å². The van der Waals surface area contributed by atoms with Gasteiger partial charge in [0.2, 0.25) is 0 Å². The average molecular weight is 333 g/mol. The van der Waals surface area contributed by atoms with E-state index in [0.717, 1.165) is 11.6 Å². The van der Waals surface area contributed by atoms with E-state index in [1.807, 2.05) is 12.1 Å². The van der Waals surface area contributed by atoms with E-state index in [1.54, 1.807) is 6.07 Å². The summed E-state index contributed by atoms with van der Waals surface area (Å²) in [5.74, 6) is 1.73. The molecule has 5 atom stereocenters. The number of hydrogen-bond donors (Lipinski definition) is 2. The molecule has 2 aliphatic carbocycles. The minimum Gasteiger partial charge on any atom is -0.478 e. The number of carboxylic acid groups (broad SMARTS) is 1. The molecule has 3 aliphatic rings. The maximum Gasteiger partial charge on any atom is 0.335 e. The zero-order valence-corrected chi connectivity index (χ0v) is 14.4. The Bertz CT molecular complexity index is 842. The molecule has 2 N–H and O–H groups in total. The van der Waals surface area contributed by atoms with E-state index < -0.39 is 5.97 Å². The van der Waals surface area contributed by atoms with Gasteiger partial charge in [0.05, 0.1) is 11.6 Å². The Balaban J connectivity index is 1.62. The fraction of sp³-hybridized carbons (Fsp3) is 0.409. The number of carboxylic acids is 1. The van der Waals surface area contributed by atoms with Crippen LogP contribution in [0, 0.1) is 24.7 Å². The highest BCUT2D eigenvalue weighted by Gasteiger charge is 2.53. The monoisotopic (exact) mass is 333 g/mol. The van der Waals surface area contributed by atoms with Crippen LogP contribution in [0.1, 0.15) is 58.3 Å². The van der Waals surface area contributed by atoms with Crippen molar-refractivity contribution in [3.8, 4) is 0 Å². The van der Waals surface area contributed by atoms with E-state index in [2.05, 4.69) is 36.5 Å². The molecule has 2 fully saturated rings. The second kappa shape index (κ2) is 5.35. The normalized spacial score (nSPS) is 32.0. The highest BCUT2D eigenvalue weighted by Crippen LogP contribution is 2.63. The first-order chi connectivity index (χ1) is 12.1. The van der Waals surface area contributed by atoms with Crippen molar-refractivity contribution >= 4 is 11.7 Å². The smallest absolute Gasteiger partial charge is 0.335 e. The van der Waals surface area contributed by atoms with Crippen molar-refractivity contribution in [2.24, 2.45) is 17.8 Å². The Morgan fingerprint density at radius 3 is 2.60 bits per heavy atom. The number of nitrogens with one attached hydrogen (secondary N) is 1. The SMILES string of the molecule is Cc1ccc([C@@H]2Nc3ccc(C(=O)O)cc3[C@@H]3[C@H]4CC[C@@H](C4)[C@H]32)cc1.